The van der Waals surface area contributed by atoms with E-state index in [-0.39, 0.29) is 24.0 Å². The van der Waals surface area contributed by atoms with Crippen molar-refractivity contribution in [2.45, 2.75) is 39.2 Å². The zero-order valence-electron chi connectivity index (χ0n) is 13.3. The summed E-state index contributed by atoms with van der Waals surface area (Å²) in [5, 5.41) is 3.14. The first-order chi connectivity index (χ1) is 9.63. The molecule has 0 aliphatic rings. The van der Waals surface area contributed by atoms with Crippen LogP contribution in [-0.2, 0) is 6.54 Å². The van der Waals surface area contributed by atoms with E-state index in [4.69, 9.17) is 5.73 Å². The van der Waals surface area contributed by atoms with Crippen LogP contribution in [0.25, 0.3) is 0 Å². The SMILES string of the molecule is CCCCCCNC(N)=NCc1cccc(N(C)C)n1.I. The molecule has 1 heterocycles. The van der Waals surface area contributed by atoms with E-state index in [1.165, 1.54) is 19.3 Å². The van der Waals surface area contributed by atoms with Crippen LogP contribution in [0.15, 0.2) is 23.2 Å². The largest absolute Gasteiger partial charge is 0.370 e. The maximum Gasteiger partial charge on any atom is 0.188 e. The molecule has 1 rings (SSSR count). The highest BCUT2D eigenvalue weighted by atomic mass is 127. The first-order valence-corrected chi connectivity index (χ1v) is 7.30. The molecule has 21 heavy (non-hydrogen) atoms. The monoisotopic (exact) mass is 405 g/mol. The lowest BCUT2D eigenvalue weighted by atomic mass is 10.2. The van der Waals surface area contributed by atoms with Gasteiger partial charge in [0.15, 0.2) is 5.96 Å². The molecule has 0 atom stereocenters. The molecule has 1 aromatic rings. The number of unbranched alkanes of at least 4 members (excludes halogenated alkanes) is 3. The third-order valence-electron chi connectivity index (χ3n) is 3.00. The normalized spacial score (nSPS) is 10.9. The van der Waals surface area contributed by atoms with Crippen molar-refractivity contribution in [1.29, 1.82) is 0 Å². The average molecular weight is 405 g/mol. The van der Waals surface area contributed by atoms with Crippen LogP contribution in [0.5, 0.6) is 0 Å². The summed E-state index contributed by atoms with van der Waals surface area (Å²) in [6.45, 7) is 3.61. The molecule has 120 valence electrons. The van der Waals surface area contributed by atoms with Crippen molar-refractivity contribution in [1.82, 2.24) is 10.3 Å². The Kier molecular flexibility index (Phi) is 11.0. The summed E-state index contributed by atoms with van der Waals surface area (Å²) < 4.78 is 0. The third-order valence-corrected chi connectivity index (χ3v) is 3.00. The summed E-state index contributed by atoms with van der Waals surface area (Å²) in [4.78, 5) is 10.8. The maximum atomic E-state index is 5.83. The number of aliphatic imine (C=N–C) groups is 1. The van der Waals surface area contributed by atoms with Crippen molar-refractivity contribution >= 4 is 35.8 Å². The van der Waals surface area contributed by atoms with Crippen LogP contribution in [0.3, 0.4) is 0 Å². The minimum Gasteiger partial charge on any atom is -0.370 e. The molecule has 0 aromatic carbocycles. The van der Waals surface area contributed by atoms with Gasteiger partial charge in [-0.05, 0) is 18.6 Å². The van der Waals surface area contributed by atoms with Gasteiger partial charge in [0.25, 0.3) is 0 Å². The second-order valence-electron chi connectivity index (χ2n) is 5.07. The Labute approximate surface area is 145 Å². The average Bonchev–Trinajstić information content (AvgIpc) is 2.45. The van der Waals surface area contributed by atoms with Gasteiger partial charge in [-0.25, -0.2) is 9.98 Å². The first kappa shape index (κ1) is 19.9. The van der Waals surface area contributed by atoms with E-state index in [0.29, 0.717) is 12.5 Å². The van der Waals surface area contributed by atoms with E-state index in [1.54, 1.807) is 0 Å². The fourth-order valence-electron chi connectivity index (χ4n) is 1.79. The van der Waals surface area contributed by atoms with Gasteiger partial charge in [0.05, 0.1) is 12.2 Å². The summed E-state index contributed by atoms with van der Waals surface area (Å²) in [6.07, 6.45) is 4.90. The van der Waals surface area contributed by atoms with Crippen molar-refractivity contribution in [3.63, 3.8) is 0 Å². The zero-order chi connectivity index (χ0) is 14.8. The molecular weight excluding hydrogens is 377 g/mol. The molecule has 0 saturated carbocycles. The lowest BCUT2D eigenvalue weighted by Gasteiger charge is -2.11. The molecule has 1 aromatic heterocycles. The highest BCUT2D eigenvalue weighted by Crippen LogP contribution is 2.08. The lowest BCUT2D eigenvalue weighted by Crippen LogP contribution is -2.32. The van der Waals surface area contributed by atoms with Gasteiger partial charge in [0.1, 0.15) is 5.82 Å². The molecule has 0 amide bonds. The molecule has 5 nitrogen and oxygen atoms in total. The molecule has 0 fully saturated rings. The number of rotatable bonds is 8. The van der Waals surface area contributed by atoms with E-state index in [1.807, 2.05) is 37.2 Å². The molecule has 0 radical (unpaired) electrons. The third kappa shape index (κ3) is 8.75. The van der Waals surface area contributed by atoms with Gasteiger partial charge in [-0.3, -0.25) is 0 Å². The van der Waals surface area contributed by atoms with Crippen LogP contribution in [0.1, 0.15) is 38.3 Å². The van der Waals surface area contributed by atoms with E-state index < -0.39 is 0 Å². The Morgan fingerprint density at radius 1 is 1.29 bits per heavy atom. The summed E-state index contributed by atoms with van der Waals surface area (Å²) >= 11 is 0. The Bertz CT molecular complexity index is 420. The standard InChI is InChI=1S/C15H27N5.HI/c1-4-5-6-7-11-17-15(16)18-12-13-9-8-10-14(19-13)20(2)3;/h8-10H,4-7,11-12H2,1-3H3,(H3,16,17,18);1H. The number of anilines is 1. The van der Waals surface area contributed by atoms with E-state index in [9.17, 15) is 0 Å². The van der Waals surface area contributed by atoms with Gasteiger partial charge >= 0.3 is 0 Å². The molecule has 0 aliphatic heterocycles. The minimum atomic E-state index is 0. The van der Waals surface area contributed by atoms with Gasteiger partial charge in [-0.1, -0.05) is 32.3 Å². The molecule has 0 bridgehead atoms. The van der Waals surface area contributed by atoms with Crippen LogP contribution >= 0.6 is 24.0 Å². The summed E-state index contributed by atoms with van der Waals surface area (Å²) in [5.74, 6) is 1.43. The second kappa shape index (κ2) is 11.6. The minimum absolute atomic E-state index is 0. The van der Waals surface area contributed by atoms with Gasteiger partial charge in [0.2, 0.25) is 0 Å². The Morgan fingerprint density at radius 2 is 2.05 bits per heavy atom. The molecule has 6 heteroatoms. The predicted molar refractivity (Wildman–Crippen MR) is 101 cm³/mol. The van der Waals surface area contributed by atoms with E-state index >= 15 is 0 Å². The predicted octanol–water partition coefficient (Wildman–Crippen LogP) is 2.75. The van der Waals surface area contributed by atoms with Gasteiger partial charge < -0.3 is 16.0 Å². The molecular formula is C15H28IN5. The van der Waals surface area contributed by atoms with Gasteiger partial charge in [-0.15, -0.1) is 24.0 Å². The smallest absolute Gasteiger partial charge is 0.188 e. The first-order valence-electron chi connectivity index (χ1n) is 7.30. The topological polar surface area (TPSA) is 66.5 Å². The number of hydrogen-bond donors (Lipinski definition) is 2. The zero-order valence-corrected chi connectivity index (χ0v) is 15.6. The van der Waals surface area contributed by atoms with Crippen molar-refractivity contribution < 1.29 is 0 Å². The Balaban J connectivity index is 0.00000400. The second-order valence-corrected chi connectivity index (χ2v) is 5.07. The number of aromatic nitrogens is 1. The van der Waals surface area contributed by atoms with E-state index in [0.717, 1.165) is 24.5 Å². The summed E-state index contributed by atoms with van der Waals surface area (Å²) in [5.41, 5.74) is 6.76. The van der Waals surface area contributed by atoms with Gasteiger partial charge in [-0.2, -0.15) is 0 Å². The van der Waals surface area contributed by atoms with Gasteiger partial charge in [0, 0.05) is 20.6 Å². The fraction of sp³-hybridized carbons (Fsp3) is 0.600. The van der Waals surface area contributed by atoms with Crippen LogP contribution < -0.4 is 16.0 Å². The number of halogens is 1. The molecule has 0 unspecified atom stereocenters. The highest BCUT2D eigenvalue weighted by molar-refractivity contribution is 14.0. The summed E-state index contributed by atoms with van der Waals surface area (Å²) in [7, 11) is 3.95. The number of guanidine groups is 1. The number of hydrogen-bond acceptors (Lipinski definition) is 3. The van der Waals surface area contributed by atoms with Crippen molar-refractivity contribution in [2.24, 2.45) is 10.7 Å². The highest BCUT2D eigenvalue weighted by Gasteiger charge is 1.99. The fourth-order valence-corrected chi connectivity index (χ4v) is 1.79. The maximum absolute atomic E-state index is 5.83. The molecule has 3 N–H and O–H groups in total. The van der Waals surface area contributed by atoms with Crippen molar-refractivity contribution in [2.75, 3.05) is 25.5 Å². The summed E-state index contributed by atoms with van der Waals surface area (Å²) in [6, 6.07) is 5.93. The lowest BCUT2D eigenvalue weighted by molar-refractivity contribution is 0.652. The number of pyridine rings is 1. The quantitative estimate of drug-likeness (QED) is 0.302. The number of nitrogens with two attached hydrogens (primary N) is 1. The van der Waals surface area contributed by atoms with Crippen molar-refractivity contribution in [3.05, 3.63) is 23.9 Å². The van der Waals surface area contributed by atoms with Crippen LogP contribution in [0, 0.1) is 0 Å². The van der Waals surface area contributed by atoms with Crippen LogP contribution in [0.2, 0.25) is 0 Å². The van der Waals surface area contributed by atoms with Crippen molar-refractivity contribution in [3.8, 4) is 0 Å². The number of nitrogens with one attached hydrogen (secondary N) is 1. The van der Waals surface area contributed by atoms with Crippen LogP contribution in [-0.4, -0.2) is 31.6 Å². The van der Waals surface area contributed by atoms with E-state index in [2.05, 4.69) is 22.2 Å². The molecule has 0 spiro atoms. The number of nitrogens with zero attached hydrogens (tertiary/aromatic N) is 3. The Morgan fingerprint density at radius 3 is 2.71 bits per heavy atom. The Hall–Kier alpha value is -1.05. The molecule has 0 aliphatic carbocycles. The van der Waals surface area contributed by atoms with Crippen LogP contribution in [0.4, 0.5) is 5.82 Å². The molecule has 0 saturated heterocycles.